The van der Waals surface area contributed by atoms with Gasteiger partial charge in [-0.3, -0.25) is 4.79 Å². The molecule has 6 heteroatoms. The summed E-state index contributed by atoms with van der Waals surface area (Å²) in [5.74, 6) is -0.524. The first kappa shape index (κ1) is 14.8. The maximum absolute atomic E-state index is 13.2. The molecule has 18 heavy (non-hydrogen) atoms. The van der Waals surface area contributed by atoms with E-state index in [1.165, 1.54) is 6.07 Å². The van der Waals surface area contributed by atoms with Crippen molar-refractivity contribution < 1.29 is 9.18 Å². The number of anilines is 2. The van der Waals surface area contributed by atoms with Gasteiger partial charge < -0.3 is 16.0 Å². The van der Waals surface area contributed by atoms with Crippen LogP contribution in [0.25, 0.3) is 0 Å². The van der Waals surface area contributed by atoms with Gasteiger partial charge in [0.1, 0.15) is 5.82 Å². The molecule has 0 aliphatic heterocycles. The van der Waals surface area contributed by atoms with Crippen LogP contribution >= 0.6 is 15.9 Å². The highest BCUT2D eigenvalue weighted by Crippen LogP contribution is 2.28. The molecule has 1 rings (SSSR count). The summed E-state index contributed by atoms with van der Waals surface area (Å²) in [7, 11) is 1.73. The van der Waals surface area contributed by atoms with Crippen molar-refractivity contribution in [3.8, 4) is 0 Å². The van der Waals surface area contributed by atoms with Crippen LogP contribution in [0.4, 0.5) is 15.8 Å². The zero-order valence-corrected chi connectivity index (χ0v) is 12.2. The van der Waals surface area contributed by atoms with Gasteiger partial charge >= 0.3 is 0 Å². The lowest BCUT2D eigenvalue weighted by molar-refractivity contribution is -0.120. The van der Waals surface area contributed by atoms with Crippen LogP contribution < -0.4 is 16.0 Å². The number of hydrogen-bond acceptors (Lipinski definition) is 3. The first-order valence-electron chi connectivity index (χ1n) is 5.56. The summed E-state index contributed by atoms with van der Waals surface area (Å²) in [5, 5.41) is 2.78. The van der Waals surface area contributed by atoms with Crippen LogP contribution in [0.3, 0.4) is 0 Å². The van der Waals surface area contributed by atoms with Crippen LogP contribution in [0.1, 0.15) is 13.8 Å². The highest BCUT2D eigenvalue weighted by molar-refractivity contribution is 9.10. The second-order valence-corrected chi connectivity index (χ2v) is 5.26. The summed E-state index contributed by atoms with van der Waals surface area (Å²) >= 11 is 3.10. The molecule has 4 nitrogen and oxygen atoms in total. The molecule has 0 heterocycles. The number of nitrogens with one attached hydrogen (secondary N) is 1. The molecule has 1 aromatic rings. The number of benzene rings is 1. The Balaban J connectivity index is 2.81. The lowest BCUT2D eigenvalue weighted by atomic mass is 10.2. The molecule has 0 aliphatic rings. The van der Waals surface area contributed by atoms with E-state index in [0.717, 1.165) is 0 Å². The van der Waals surface area contributed by atoms with E-state index in [1.54, 1.807) is 18.0 Å². The molecule has 0 fully saturated rings. The average Bonchev–Trinajstić information content (AvgIpc) is 2.21. The van der Waals surface area contributed by atoms with Crippen molar-refractivity contribution in [3.05, 3.63) is 22.4 Å². The molecule has 0 bridgehead atoms. The number of halogens is 2. The van der Waals surface area contributed by atoms with Gasteiger partial charge in [-0.05, 0) is 35.8 Å². The second kappa shape index (κ2) is 6.04. The Labute approximate surface area is 114 Å². The predicted molar refractivity (Wildman–Crippen MR) is 75.1 cm³/mol. The van der Waals surface area contributed by atoms with E-state index >= 15 is 0 Å². The number of nitrogens with zero attached hydrogens (tertiary/aromatic N) is 1. The SMILES string of the molecule is CC(C)NC(=O)CN(C)c1cc(Br)c(F)cc1N. The molecule has 0 atom stereocenters. The van der Waals surface area contributed by atoms with E-state index < -0.39 is 5.82 Å². The van der Waals surface area contributed by atoms with Crippen molar-refractivity contribution in [2.45, 2.75) is 19.9 Å². The molecule has 0 spiro atoms. The molecule has 0 aliphatic carbocycles. The van der Waals surface area contributed by atoms with Crippen molar-refractivity contribution in [2.75, 3.05) is 24.2 Å². The van der Waals surface area contributed by atoms with E-state index in [2.05, 4.69) is 21.2 Å². The smallest absolute Gasteiger partial charge is 0.239 e. The summed E-state index contributed by atoms with van der Waals surface area (Å²) in [4.78, 5) is 13.3. The molecule has 0 saturated carbocycles. The third kappa shape index (κ3) is 3.87. The second-order valence-electron chi connectivity index (χ2n) is 4.40. The highest BCUT2D eigenvalue weighted by atomic mass is 79.9. The standard InChI is InChI=1S/C12H17BrFN3O/c1-7(2)16-12(18)6-17(3)11-4-8(13)9(14)5-10(11)15/h4-5,7H,6,15H2,1-3H3,(H,16,18). The zero-order valence-electron chi connectivity index (χ0n) is 10.6. The van der Waals surface area contributed by atoms with Gasteiger partial charge in [-0.1, -0.05) is 0 Å². The fourth-order valence-electron chi connectivity index (χ4n) is 1.55. The van der Waals surface area contributed by atoms with Crippen molar-refractivity contribution in [1.82, 2.24) is 5.32 Å². The van der Waals surface area contributed by atoms with Crippen LogP contribution in [0.5, 0.6) is 0 Å². The first-order valence-corrected chi connectivity index (χ1v) is 6.35. The van der Waals surface area contributed by atoms with Gasteiger partial charge in [-0.15, -0.1) is 0 Å². The van der Waals surface area contributed by atoms with Gasteiger partial charge in [0.25, 0.3) is 0 Å². The van der Waals surface area contributed by atoms with Gasteiger partial charge in [0.15, 0.2) is 0 Å². The maximum atomic E-state index is 13.2. The van der Waals surface area contributed by atoms with Crippen molar-refractivity contribution in [2.24, 2.45) is 0 Å². The highest BCUT2D eigenvalue weighted by Gasteiger charge is 2.13. The monoisotopic (exact) mass is 317 g/mol. The minimum atomic E-state index is -0.420. The zero-order chi connectivity index (χ0) is 13.9. The van der Waals surface area contributed by atoms with Crippen LogP contribution in [-0.4, -0.2) is 25.5 Å². The molecule has 0 unspecified atom stereocenters. The van der Waals surface area contributed by atoms with Crippen LogP contribution in [0.2, 0.25) is 0 Å². The molecule has 0 saturated heterocycles. The maximum Gasteiger partial charge on any atom is 0.239 e. The van der Waals surface area contributed by atoms with Crippen LogP contribution in [0, 0.1) is 5.82 Å². The Kier molecular flexibility index (Phi) is 4.95. The average molecular weight is 318 g/mol. The number of rotatable bonds is 4. The number of carbonyl (C=O) groups excluding carboxylic acids is 1. The summed E-state index contributed by atoms with van der Waals surface area (Å²) in [6, 6.07) is 2.88. The fraction of sp³-hybridized carbons (Fsp3) is 0.417. The number of likely N-dealkylation sites (N-methyl/N-ethyl adjacent to an activating group) is 1. The minimum Gasteiger partial charge on any atom is -0.397 e. The van der Waals surface area contributed by atoms with E-state index in [1.807, 2.05) is 13.8 Å². The van der Waals surface area contributed by atoms with Crippen molar-refractivity contribution in [1.29, 1.82) is 0 Å². The van der Waals surface area contributed by atoms with Gasteiger partial charge in [0.2, 0.25) is 5.91 Å². The predicted octanol–water partition coefficient (Wildman–Crippen LogP) is 2.13. The normalized spacial score (nSPS) is 10.6. The topological polar surface area (TPSA) is 58.4 Å². The van der Waals surface area contributed by atoms with Crippen LogP contribution in [-0.2, 0) is 4.79 Å². The third-order valence-electron chi connectivity index (χ3n) is 2.31. The largest absolute Gasteiger partial charge is 0.397 e. The Morgan fingerprint density at radius 3 is 2.72 bits per heavy atom. The van der Waals surface area contributed by atoms with E-state index in [4.69, 9.17) is 5.73 Å². The molecule has 3 N–H and O–H groups in total. The number of amides is 1. The number of hydrogen-bond donors (Lipinski definition) is 2. The fourth-order valence-corrected chi connectivity index (χ4v) is 1.88. The Morgan fingerprint density at radius 2 is 2.17 bits per heavy atom. The van der Waals surface area contributed by atoms with Crippen molar-refractivity contribution >= 4 is 33.2 Å². The summed E-state index contributed by atoms with van der Waals surface area (Å²) < 4.78 is 13.6. The number of carbonyl (C=O) groups is 1. The Bertz CT molecular complexity index is 451. The van der Waals surface area contributed by atoms with Gasteiger partial charge in [0, 0.05) is 19.2 Å². The van der Waals surface area contributed by atoms with E-state index in [0.29, 0.717) is 15.8 Å². The van der Waals surface area contributed by atoms with Gasteiger partial charge in [-0.2, -0.15) is 0 Å². The minimum absolute atomic E-state index is 0.0863. The molecular weight excluding hydrogens is 301 g/mol. The van der Waals surface area contributed by atoms with Gasteiger partial charge in [-0.25, -0.2) is 4.39 Å². The lowest BCUT2D eigenvalue weighted by Crippen LogP contribution is -2.38. The molecule has 1 aromatic carbocycles. The molecule has 0 radical (unpaired) electrons. The first-order chi connectivity index (χ1) is 8.31. The van der Waals surface area contributed by atoms with E-state index in [-0.39, 0.29) is 18.5 Å². The molecule has 0 aromatic heterocycles. The molecule has 1 amide bonds. The molecule has 100 valence electrons. The van der Waals surface area contributed by atoms with Gasteiger partial charge in [0.05, 0.1) is 22.4 Å². The number of nitrogen functional groups attached to an aromatic ring is 1. The Hall–Kier alpha value is -1.30. The summed E-state index contributed by atoms with van der Waals surface area (Å²) in [5.41, 5.74) is 6.65. The Morgan fingerprint density at radius 1 is 1.56 bits per heavy atom. The summed E-state index contributed by atoms with van der Waals surface area (Å²) in [6.07, 6.45) is 0. The number of nitrogens with two attached hydrogens (primary N) is 1. The lowest BCUT2D eigenvalue weighted by Gasteiger charge is -2.21. The summed E-state index contributed by atoms with van der Waals surface area (Å²) in [6.45, 7) is 3.95. The van der Waals surface area contributed by atoms with Crippen molar-refractivity contribution in [3.63, 3.8) is 0 Å². The van der Waals surface area contributed by atoms with E-state index in [9.17, 15) is 9.18 Å². The van der Waals surface area contributed by atoms with Crippen LogP contribution in [0.15, 0.2) is 16.6 Å². The molecular formula is C12H17BrFN3O. The third-order valence-corrected chi connectivity index (χ3v) is 2.92. The quantitative estimate of drug-likeness (QED) is 0.836.